The summed E-state index contributed by atoms with van der Waals surface area (Å²) in [6.45, 7) is 0. The lowest BCUT2D eigenvalue weighted by atomic mass is 9.96. The van der Waals surface area contributed by atoms with E-state index in [1.54, 1.807) is 22.7 Å². The van der Waals surface area contributed by atoms with Crippen LogP contribution in [-0.4, -0.2) is 39.0 Å². The number of furan rings is 2. The SMILES string of the molecule is c1ccc(-c2ccc(-c3nc(-c4ccc5c(oc6ccc(-c7cccc(-c8cccc(-c9nc(-c%10ccc%11sc%12ccccc%12c%11c%10)nc(-c%10ccc%11c(oc%12ccccc%12%11)c%10-n%10c%11ccccc%11c%11cc%12ccccc%12cc%11%10)n9)c8)c7)cc65)c4-n4c5ccccc5c5cc6ccccc6cc54)nc(-c4cccc5c4sc4ccccc45)n3)cc2)cc1. The van der Waals surface area contributed by atoms with Crippen molar-refractivity contribution in [2.75, 3.05) is 0 Å². The zero-order chi connectivity index (χ0) is 79.8. The van der Waals surface area contributed by atoms with Gasteiger partial charge in [-0.2, -0.15) is 0 Å². The molecule has 8 heterocycles. The van der Waals surface area contributed by atoms with Gasteiger partial charge in [-0.25, -0.2) is 29.9 Å². The maximum atomic E-state index is 7.47. The molecular formula is C110H62N8O2S2. The second-order valence-electron chi connectivity index (χ2n) is 31.5. The van der Waals surface area contributed by atoms with Crippen molar-refractivity contribution in [3.05, 3.63) is 376 Å². The molecule has 0 bridgehead atoms. The summed E-state index contributed by atoms with van der Waals surface area (Å²) < 4.78 is 24.1. The molecule has 566 valence electrons. The Morgan fingerprint density at radius 1 is 0.197 bits per heavy atom. The normalized spacial score (nSPS) is 12.1. The molecule has 0 fully saturated rings. The van der Waals surface area contributed by atoms with Gasteiger partial charge in [0.15, 0.2) is 46.1 Å². The minimum atomic E-state index is 0.512. The van der Waals surface area contributed by atoms with Crippen LogP contribution in [0.3, 0.4) is 0 Å². The van der Waals surface area contributed by atoms with Crippen LogP contribution in [0.5, 0.6) is 0 Å². The largest absolute Gasteiger partial charge is 0.454 e. The van der Waals surface area contributed by atoms with Crippen molar-refractivity contribution in [3.63, 3.8) is 0 Å². The smallest absolute Gasteiger partial charge is 0.166 e. The summed E-state index contributed by atoms with van der Waals surface area (Å²) in [6.07, 6.45) is 0. The van der Waals surface area contributed by atoms with Crippen LogP contribution in [0.25, 0.3) is 262 Å². The molecule has 0 unspecified atom stereocenters. The third kappa shape index (κ3) is 10.7. The molecule has 0 atom stereocenters. The lowest BCUT2D eigenvalue weighted by Crippen LogP contribution is -2.04. The number of hydrogen-bond donors (Lipinski definition) is 0. The second kappa shape index (κ2) is 26.8. The first kappa shape index (κ1) is 68.2. The van der Waals surface area contributed by atoms with Crippen molar-refractivity contribution in [3.8, 4) is 113 Å². The fraction of sp³-hybridized carbons (Fsp3) is 0. The molecule has 0 amide bonds. The minimum absolute atomic E-state index is 0.512. The first-order valence-corrected chi connectivity index (χ1v) is 42.6. The topological polar surface area (TPSA) is 113 Å². The maximum Gasteiger partial charge on any atom is 0.166 e. The number of rotatable bonds is 11. The number of para-hydroxylation sites is 3. The third-order valence-electron chi connectivity index (χ3n) is 24.6. The van der Waals surface area contributed by atoms with Gasteiger partial charge in [0, 0.05) is 117 Å². The predicted octanol–water partition coefficient (Wildman–Crippen LogP) is 30.1. The van der Waals surface area contributed by atoms with E-state index in [4.69, 9.17) is 38.7 Å². The fourth-order valence-corrected chi connectivity index (χ4v) is 21.1. The Bertz CT molecular complexity index is 8940. The monoisotopic (exact) mass is 1590 g/mol. The number of aromatic nitrogens is 8. The van der Waals surface area contributed by atoms with Crippen LogP contribution in [-0.2, 0) is 0 Å². The van der Waals surface area contributed by atoms with E-state index in [0.717, 1.165) is 192 Å². The van der Waals surface area contributed by atoms with Crippen molar-refractivity contribution < 1.29 is 8.83 Å². The van der Waals surface area contributed by atoms with Gasteiger partial charge < -0.3 is 18.0 Å². The van der Waals surface area contributed by atoms with Gasteiger partial charge in [-0.15, -0.1) is 22.7 Å². The molecule has 10 nitrogen and oxygen atoms in total. The van der Waals surface area contributed by atoms with Crippen LogP contribution in [0.4, 0.5) is 0 Å². The van der Waals surface area contributed by atoms with Gasteiger partial charge in [0.1, 0.15) is 22.5 Å². The van der Waals surface area contributed by atoms with Crippen LogP contribution < -0.4 is 0 Å². The predicted molar refractivity (Wildman–Crippen MR) is 506 cm³/mol. The number of hydrogen-bond acceptors (Lipinski definition) is 10. The highest BCUT2D eigenvalue weighted by molar-refractivity contribution is 7.26. The summed E-state index contributed by atoms with van der Waals surface area (Å²) in [6, 6.07) is 134. The average Bonchev–Trinajstić information content (AvgIpc) is 1.57. The first-order chi connectivity index (χ1) is 60.4. The molecular weight excluding hydrogens is 1530 g/mol. The van der Waals surface area contributed by atoms with E-state index in [1.807, 2.05) is 12.1 Å². The Balaban J connectivity index is 0.640. The van der Waals surface area contributed by atoms with Crippen LogP contribution in [0.15, 0.2) is 385 Å². The highest BCUT2D eigenvalue weighted by Gasteiger charge is 2.29. The molecule has 0 aliphatic rings. The molecule has 0 N–H and O–H groups in total. The number of nitrogens with zero attached hydrogens (tertiary/aromatic N) is 8. The summed E-state index contributed by atoms with van der Waals surface area (Å²) in [5, 5.41) is 17.8. The maximum absolute atomic E-state index is 7.47. The molecule has 18 aromatic carbocycles. The summed E-state index contributed by atoms with van der Waals surface area (Å²) >= 11 is 3.56. The Labute approximate surface area is 704 Å². The molecule has 122 heavy (non-hydrogen) atoms. The van der Waals surface area contributed by atoms with Crippen molar-refractivity contribution in [2.24, 2.45) is 0 Å². The summed E-state index contributed by atoms with van der Waals surface area (Å²) in [7, 11) is 0. The molecule has 0 aliphatic heterocycles. The van der Waals surface area contributed by atoms with E-state index in [2.05, 4.69) is 373 Å². The van der Waals surface area contributed by atoms with Crippen LogP contribution >= 0.6 is 22.7 Å². The van der Waals surface area contributed by atoms with Gasteiger partial charge in [-0.05, 0) is 182 Å². The van der Waals surface area contributed by atoms with E-state index in [-0.39, 0.29) is 0 Å². The van der Waals surface area contributed by atoms with Gasteiger partial charge in [-0.3, -0.25) is 0 Å². The molecule has 0 saturated carbocycles. The molecule has 0 radical (unpaired) electrons. The third-order valence-corrected chi connectivity index (χ3v) is 27.0. The van der Waals surface area contributed by atoms with Crippen molar-refractivity contribution in [1.29, 1.82) is 0 Å². The van der Waals surface area contributed by atoms with E-state index < -0.39 is 0 Å². The van der Waals surface area contributed by atoms with Crippen molar-refractivity contribution in [2.45, 2.75) is 0 Å². The molecule has 0 aliphatic carbocycles. The summed E-state index contributed by atoms with van der Waals surface area (Å²) in [4.78, 5) is 33.5. The highest BCUT2D eigenvalue weighted by atomic mass is 32.1. The van der Waals surface area contributed by atoms with Crippen LogP contribution in [0.1, 0.15) is 0 Å². The quantitative estimate of drug-likeness (QED) is 0.126. The van der Waals surface area contributed by atoms with E-state index >= 15 is 0 Å². The highest BCUT2D eigenvalue weighted by Crippen LogP contribution is 2.49. The van der Waals surface area contributed by atoms with Gasteiger partial charge in [0.2, 0.25) is 0 Å². The van der Waals surface area contributed by atoms with Gasteiger partial charge in [0.05, 0.1) is 22.1 Å². The standard InChI is InChI=1S/C110H62N8O2S2/c1-2-21-63(22-3-1)64-43-45-65(46-44-64)105-112-109(116-110(113-105)86-37-20-36-83-79-34-11-17-42-98(79)122-104(83)86)85-52-50-82-89-59-73(47-53-96(89)120-103(82)101(85)118-92-39-14-9-32-77(92)88-58-70-24-5-7-26-72(70)62-94(88)118)67-28-18-27-66(55-67)68-29-19-30-74(56-68)106-111-107(75-48-54-99-90(60-75)80-35-12-16-41-97(80)121-99)115-108(114-106)84-51-49-81-78-33-10-15-40-95(78)119-102(81)100(84)117-91-38-13-8-31-76(91)87-57-69-23-4-6-25-71(69)61-93(87)117/h1-62H. The lowest BCUT2D eigenvalue weighted by Gasteiger charge is -2.16. The Hall–Kier alpha value is -15.9. The van der Waals surface area contributed by atoms with Crippen molar-refractivity contribution in [1.82, 2.24) is 39.0 Å². The second-order valence-corrected chi connectivity index (χ2v) is 33.7. The first-order valence-electron chi connectivity index (χ1n) is 40.9. The number of thiophene rings is 2. The zero-order valence-electron chi connectivity index (χ0n) is 65.0. The molecule has 26 aromatic rings. The van der Waals surface area contributed by atoms with E-state index in [1.165, 1.54) is 30.3 Å². The Morgan fingerprint density at radius 3 is 1.22 bits per heavy atom. The molecule has 12 heteroatoms. The Morgan fingerprint density at radius 2 is 0.590 bits per heavy atom. The lowest BCUT2D eigenvalue weighted by molar-refractivity contribution is 0.666. The van der Waals surface area contributed by atoms with E-state index in [9.17, 15) is 0 Å². The molecule has 0 spiro atoms. The minimum Gasteiger partial charge on any atom is -0.454 e. The number of benzene rings is 18. The van der Waals surface area contributed by atoms with Crippen LogP contribution in [0, 0.1) is 0 Å². The molecule has 0 saturated heterocycles. The van der Waals surface area contributed by atoms with Gasteiger partial charge in [0.25, 0.3) is 0 Å². The Kier molecular flexibility index (Phi) is 15.0. The van der Waals surface area contributed by atoms with Gasteiger partial charge >= 0.3 is 0 Å². The van der Waals surface area contributed by atoms with E-state index in [0.29, 0.717) is 40.5 Å². The molecule has 8 aromatic heterocycles. The summed E-state index contributed by atoms with van der Waals surface area (Å²) in [5.41, 5.74) is 20.2. The fourth-order valence-electron chi connectivity index (χ4n) is 18.8. The van der Waals surface area contributed by atoms with Crippen molar-refractivity contribution >= 4 is 172 Å². The molecule has 26 rings (SSSR count). The van der Waals surface area contributed by atoms with Crippen LogP contribution in [0.2, 0.25) is 0 Å². The average molecular weight is 1590 g/mol. The zero-order valence-corrected chi connectivity index (χ0v) is 66.6. The number of fused-ring (bicyclic) bond motifs is 20. The van der Waals surface area contributed by atoms with Gasteiger partial charge in [-0.1, -0.05) is 249 Å². The summed E-state index contributed by atoms with van der Waals surface area (Å²) in [5.74, 6) is 3.25.